The van der Waals surface area contributed by atoms with Gasteiger partial charge in [0, 0.05) is 16.2 Å². The van der Waals surface area contributed by atoms with Crippen molar-refractivity contribution in [2.24, 2.45) is 0 Å². The van der Waals surface area contributed by atoms with Crippen molar-refractivity contribution in [2.75, 3.05) is 7.11 Å². The summed E-state index contributed by atoms with van der Waals surface area (Å²) in [6, 6.07) is 8.30. The van der Waals surface area contributed by atoms with Crippen LogP contribution in [0.25, 0.3) is 10.8 Å². The van der Waals surface area contributed by atoms with Crippen LogP contribution in [0, 0.1) is 0 Å². The lowest BCUT2D eigenvalue weighted by Crippen LogP contribution is -2.18. The predicted molar refractivity (Wildman–Crippen MR) is 71.6 cm³/mol. The monoisotopic (exact) mass is 229 g/mol. The van der Waals surface area contributed by atoms with Crippen molar-refractivity contribution in [1.82, 2.24) is 4.98 Å². The Hall–Kier alpha value is -1.57. The lowest BCUT2D eigenvalue weighted by molar-refractivity contribution is 0.416. The van der Waals surface area contributed by atoms with Gasteiger partial charge in [-0.05, 0) is 6.42 Å². The van der Waals surface area contributed by atoms with E-state index in [2.05, 4.69) is 44.0 Å². The van der Waals surface area contributed by atoms with Crippen LogP contribution < -0.4 is 4.74 Å². The van der Waals surface area contributed by atoms with Crippen LogP contribution >= 0.6 is 0 Å². The third-order valence-corrected chi connectivity index (χ3v) is 3.50. The first-order valence-electron chi connectivity index (χ1n) is 6.02. The maximum absolute atomic E-state index is 5.37. The molecule has 2 rings (SSSR count). The summed E-state index contributed by atoms with van der Waals surface area (Å²) in [7, 11) is 1.69. The molecule has 0 aliphatic rings. The molecule has 0 unspecified atom stereocenters. The smallest absolute Gasteiger partial charge is 0.144 e. The zero-order valence-corrected chi connectivity index (χ0v) is 10.9. The fraction of sp³-hybridized carbons (Fsp3) is 0.400. The highest BCUT2D eigenvalue weighted by Crippen LogP contribution is 2.34. The summed E-state index contributed by atoms with van der Waals surface area (Å²) in [6.45, 7) is 6.66. The maximum atomic E-state index is 5.37. The number of hydrogen-bond donors (Lipinski definition) is 0. The standard InChI is InChI=1S/C15H19NO/c1-5-15(2,3)14-12-9-7-6-8-11(12)13(17-4)10-16-14/h6-10H,5H2,1-4H3. The van der Waals surface area contributed by atoms with Gasteiger partial charge in [-0.15, -0.1) is 0 Å². The minimum atomic E-state index is 0.0892. The molecule has 0 aliphatic carbocycles. The average Bonchev–Trinajstić information content (AvgIpc) is 2.37. The molecule has 1 aromatic carbocycles. The average molecular weight is 229 g/mol. The fourth-order valence-corrected chi connectivity index (χ4v) is 2.04. The normalized spacial score (nSPS) is 11.8. The molecule has 0 spiro atoms. The molecule has 0 fully saturated rings. The quantitative estimate of drug-likeness (QED) is 0.795. The summed E-state index contributed by atoms with van der Waals surface area (Å²) in [4.78, 5) is 4.60. The highest BCUT2D eigenvalue weighted by molar-refractivity contribution is 5.90. The van der Waals surface area contributed by atoms with Crippen LogP contribution in [-0.2, 0) is 5.41 Å². The molecule has 0 bridgehead atoms. The molecule has 1 heterocycles. The van der Waals surface area contributed by atoms with E-state index in [4.69, 9.17) is 4.74 Å². The maximum Gasteiger partial charge on any atom is 0.144 e. The first-order chi connectivity index (χ1) is 8.10. The van der Waals surface area contributed by atoms with Gasteiger partial charge in [0.1, 0.15) is 5.75 Å². The minimum absolute atomic E-state index is 0.0892. The second kappa shape index (κ2) is 4.36. The van der Waals surface area contributed by atoms with E-state index in [1.54, 1.807) is 7.11 Å². The summed E-state index contributed by atoms with van der Waals surface area (Å²) in [5.41, 5.74) is 1.24. The van der Waals surface area contributed by atoms with Gasteiger partial charge in [-0.3, -0.25) is 4.98 Å². The number of methoxy groups -OCH3 is 1. The lowest BCUT2D eigenvalue weighted by Gasteiger charge is -2.24. The molecule has 2 heteroatoms. The number of hydrogen-bond acceptors (Lipinski definition) is 2. The minimum Gasteiger partial charge on any atom is -0.494 e. The molecule has 90 valence electrons. The Labute approximate surface area is 103 Å². The topological polar surface area (TPSA) is 22.1 Å². The summed E-state index contributed by atoms with van der Waals surface area (Å²) >= 11 is 0. The molecule has 0 N–H and O–H groups in total. The van der Waals surface area contributed by atoms with Gasteiger partial charge >= 0.3 is 0 Å². The van der Waals surface area contributed by atoms with Crippen molar-refractivity contribution >= 4 is 10.8 Å². The Bertz CT molecular complexity index is 531. The van der Waals surface area contributed by atoms with Gasteiger partial charge in [-0.2, -0.15) is 0 Å². The number of fused-ring (bicyclic) bond motifs is 1. The number of pyridine rings is 1. The first kappa shape index (κ1) is 11.9. The van der Waals surface area contributed by atoms with Gasteiger partial charge in [0.25, 0.3) is 0 Å². The molecular weight excluding hydrogens is 210 g/mol. The zero-order chi connectivity index (χ0) is 12.5. The number of rotatable bonds is 3. The lowest BCUT2D eigenvalue weighted by atomic mass is 9.83. The Kier molecular flexibility index (Phi) is 3.05. The van der Waals surface area contributed by atoms with E-state index in [1.165, 1.54) is 5.39 Å². The van der Waals surface area contributed by atoms with Crippen LogP contribution in [0.5, 0.6) is 5.75 Å². The van der Waals surface area contributed by atoms with Crippen LogP contribution in [0.3, 0.4) is 0 Å². The van der Waals surface area contributed by atoms with Crippen molar-refractivity contribution in [3.8, 4) is 5.75 Å². The van der Waals surface area contributed by atoms with Crippen molar-refractivity contribution in [3.63, 3.8) is 0 Å². The highest BCUT2D eigenvalue weighted by Gasteiger charge is 2.23. The number of benzene rings is 1. The highest BCUT2D eigenvalue weighted by atomic mass is 16.5. The van der Waals surface area contributed by atoms with E-state index >= 15 is 0 Å². The number of ether oxygens (including phenoxy) is 1. The Morgan fingerprint density at radius 2 is 1.82 bits per heavy atom. The molecule has 0 atom stereocenters. The second-order valence-electron chi connectivity index (χ2n) is 4.96. The summed E-state index contributed by atoms with van der Waals surface area (Å²) < 4.78 is 5.37. The Morgan fingerprint density at radius 1 is 1.18 bits per heavy atom. The predicted octanol–water partition coefficient (Wildman–Crippen LogP) is 3.93. The van der Waals surface area contributed by atoms with Crippen LogP contribution in [0.2, 0.25) is 0 Å². The van der Waals surface area contributed by atoms with E-state index in [-0.39, 0.29) is 5.41 Å². The van der Waals surface area contributed by atoms with E-state index < -0.39 is 0 Å². The molecule has 0 radical (unpaired) electrons. The van der Waals surface area contributed by atoms with Crippen LogP contribution in [0.15, 0.2) is 30.5 Å². The molecule has 0 aliphatic heterocycles. The van der Waals surface area contributed by atoms with Gasteiger partial charge in [0.05, 0.1) is 19.0 Å². The number of nitrogens with zero attached hydrogens (tertiary/aromatic N) is 1. The summed E-state index contributed by atoms with van der Waals surface area (Å²) in [5.74, 6) is 0.844. The van der Waals surface area contributed by atoms with E-state index in [0.717, 1.165) is 23.3 Å². The Balaban J connectivity index is 2.75. The Morgan fingerprint density at radius 3 is 2.41 bits per heavy atom. The van der Waals surface area contributed by atoms with Crippen molar-refractivity contribution < 1.29 is 4.74 Å². The summed E-state index contributed by atoms with van der Waals surface area (Å²) in [6.07, 6.45) is 2.89. The third-order valence-electron chi connectivity index (χ3n) is 3.50. The second-order valence-corrected chi connectivity index (χ2v) is 4.96. The van der Waals surface area contributed by atoms with E-state index in [0.29, 0.717) is 0 Å². The fourth-order valence-electron chi connectivity index (χ4n) is 2.04. The van der Waals surface area contributed by atoms with Gasteiger partial charge in [-0.1, -0.05) is 45.0 Å². The van der Waals surface area contributed by atoms with Gasteiger partial charge in [-0.25, -0.2) is 0 Å². The summed E-state index contributed by atoms with van der Waals surface area (Å²) in [5, 5.41) is 2.33. The molecule has 17 heavy (non-hydrogen) atoms. The van der Waals surface area contributed by atoms with E-state index in [1.807, 2.05) is 12.3 Å². The van der Waals surface area contributed by atoms with Crippen LogP contribution in [-0.4, -0.2) is 12.1 Å². The van der Waals surface area contributed by atoms with Crippen molar-refractivity contribution in [1.29, 1.82) is 0 Å². The SMILES string of the molecule is CCC(C)(C)c1ncc(OC)c2ccccc12. The first-order valence-corrected chi connectivity index (χ1v) is 6.02. The van der Waals surface area contributed by atoms with Crippen LogP contribution in [0.4, 0.5) is 0 Å². The van der Waals surface area contributed by atoms with E-state index in [9.17, 15) is 0 Å². The molecule has 2 aromatic rings. The molecule has 1 aromatic heterocycles. The van der Waals surface area contributed by atoms with Crippen molar-refractivity contribution in [2.45, 2.75) is 32.6 Å². The van der Waals surface area contributed by atoms with Gasteiger partial charge in [0.15, 0.2) is 0 Å². The molecule has 2 nitrogen and oxygen atoms in total. The van der Waals surface area contributed by atoms with Crippen molar-refractivity contribution in [3.05, 3.63) is 36.2 Å². The molecule has 0 saturated heterocycles. The van der Waals surface area contributed by atoms with Gasteiger partial charge < -0.3 is 4.74 Å². The number of aromatic nitrogens is 1. The van der Waals surface area contributed by atoms with Gasteiger partial charge in [0.2, 0.25) is 0 Å². The molecule has 0 saturated carbocycles. The largest absolute Gasteiger partial charge is 0.494 e. The third kappa shape index (κ3) is 1.99. The zero-order valence-electron chi connectivity index (χ0n) is 10.9. The molecular formula is C15H19NO. The molecule has 0 amide bonds. The van der Waals surface area contributed by atoms with Crippen LogP contribution in [0.1, 0.15) is 32.9 Å².